The molecule has 0 unspecified atom stereocenters. The summed E-state index contributed by atoms with van der Waals surface area (Å²) in [5.74, 6) is -0.260. The van der Waals surface area contributed by atoms with Crippen molar-refractivity contribution in [1.82, 2.24) is 4.90 Å². The molecule has 0 amide bonds. The highest BCUT2D eigenvalue weighted by atomic mass is 19.1. The third-order valence-corrected chi connectivity index (χ3v) is 3.93. The minimum absolute atomic E-state index is 0.260. The summed E-state index contributed by atoms with van der Waals surface area (Å²) in [6, 6.07) is 5.37. The molecule has 0 bridgehead atoms. The van der Waals surface area contributed by atoms with Crippen LogP contribution in [0.4, 0.5) is 4.39 Å². The van der Waals surface area contributed by atoms with Crippen LogP contribution in [0.1, 0.15) is 37.8 Å². The average molecular weight is 251 g/mol. The molecule has 0 atom stereocenters. The number of nitrogens with zero attached hydrogens (tertiary/aromatic N) is 1. The van der Waals surface area contributed by atoms with Crippen molar-refractivity contribution in [2.24, 2.45) is 0 Å². The van der Waals surface area contributed by atoms with Crippen LogP contribution in [0, 0.1) is 12.7 Å². The van der Waals surface area contributed by atoms with E-state index in [0.717, 1.165) is 24.2 Å². The third-order valence-electron chi connectivity index (χ3n) is 3.93. The van der Waals surface area contributed by atoms with Gasteiger partial charge >= 0.3 is 0 Å². The molecule has 1 aromatic rings. The Morgan fingerprint density at radius 1 is 1.22 bits per heavy atom. The highest BCUT2D eigenvalue weighted by molar-refractivity contribution is 5.29. The molecule has 0 aliphatic carbocycles. The first-order chi connectivity index (χ1) is 8.40. The van der Waals surface area contributed by atoms with Gasteiger partial charge in [-0.25, -0.2) is 4.39 Å². The van der Waals surface area contributed by atoms with Gasteiger partial charge in [0.1, 0.15) is 5.82 Å². The lowest BCUT2D eigenvalue weighted by Gasteiger charge is -2.40. The molecule has 0 radical (unpaired) electrons. The number of aryl methyl sites for hydroxylation is 1. The second-order valence-electron chi connectivity index (χ2n) is 5.68. The Morgan fingerprint density at radius 3 is 2.33 bits per heavy atom. The van der Waals surface area contributed by atoms with Crippen molar-refractivity contribution in [2.45, 2.75) is 45.3 Å². The number of rotatable bonds is 2. The van der Waals surface area contributed by atoms with Gasteiger partial charge in [-0.05, 0) is 56.9 Å². The highest BCUT2D eigenvalue weighted by Gasteiger charge is 2.34. The molecular formula is C15H22FNO. The van der Waals surface area contributed by atoms with Gasteiger partial charge in [-0.1, -0.05) is 6.07 Å². The third kappa shape index (κ3) is 2.73. The van der Waals surface area contributed by atoms with Crippen LogP contribution in [0.25, 0.3) is 0 Å². The standard InChI is InChI=1S/C15H22FNO/c1-11(2)17-6-4-15(18,5-7-17)13-8-12(3)9-14(16)10-13/h8-11,18H,4-7H2,1-3H3. The first-order valence-electron chi connectivity index (χ1n) is 6.65. The summed E-state index contributed by atoms with van der Waals surface area (Å²) in [5.41, 5.74) is 0.728. The van der Waals surface area contributed by atoms with E-state index in [-0.39, 0.29) is 5.82 Å². The topological polar surface area (TPSA) is 23.5 Å². The Balaban J connectivity index is 2.18. The molecule has 1 saturated heterocycles. The maximum Gasteiger partial charge on any atom is 0.123 e. The number of piperidine rings is 1. The van der Waals surface area contributed by atoms with Crippen molar-refractivity contribution in [1.29, 1.82) is 0 Å². The summed E-state index contributed by atoms with van der Waals surface area (Å²) in [6.45, 7) is 7.92. The fraction of sp³-hybridized carbons (Fsp3) is 0.600. The molecule has 2 nitrogen and oxygen atoms in total. The van der Waals surface area contributed by atoms with Gasteiger partial charge < -0.3 is 10.0 Å². The van der Waals surface area contributed by atoms with Crippen molar-refractivity contribution in [2.75, 3.05) is 13.1 Å². The molecule has 0 saturated carbocycles. The monoisotopic (exact) mass is 251 g/mol. The molecule has 1 aromatic carbocycles. The van der Waals surface area contributed by atoms with Gasteiger partial charge in [0, 0.05) is 19.1 Å². The predicted octanol–water partition coefficient (Wildman–Crippen LogP) is 2.83. The van der Waals surface area contributed by atoms with Crippen LogP contribution in [0.15, 0.2) is 18.2 Å². The Bertz CT molecular complexity index is 402. The molecule has 1 aliphatic heterocycles. The van der Waals surface area contributed by atoms with Crippen LogP contribution in [0.5, 0.6) is 0 Å². The van der Waals surface area contributed by atoms with Gasteiger partial charge in [-0.15, -0.1) is 0 Å². The molecule has 0 aromatic heterocycles. The summed E-state index contributed by atoms with van der Waals surface area (Å²) in [4.78, 5) is 2.35. The van der Waals surface area contributed by atoms with Gasteiger partial charge in [-0.3, -0.25) is 0 Å². The van der Waals surface area contributed by atoms with Gasteiger partial charge in [0.05, 0.1) is 5.60 Å². The maximum atomic E-state index is 13.4. The summed E-state index contributed by atoms with van der Waals surface area (Å²) in [5, 5.41) is 10.7. The molecule has 0 spiro atoms. The Hall–Kier alpha value is -0.930. The van der Waals surface area contributed by atoms with E-state index in [0.29, 0.717) is 18.9 Å². The maximum absolute atomic E-state index is 13.4. The minimum atomic E-state index is -0.863. The minimum Gasteiger partial charge on any atom is -0.385 e. The van der Waals surface area contributed by atoms with Gasteiger partial charge in [0.2, 0.25) is 0 Å². The van der Waals surface area contributed by atoms with Crippen molar-refractivity contribution in [3.63, 3.8) is 0 Å². The van der Waals surface area contributed by atoms with E-state index in [2.05, 4.69) is 18.7 Å². The lowest BCUT2D eigenvalue weighted by molar-refractivity contribution is -0.0326. The number of likely N-dealkylation sites (tertiary alicyclic amines) is 1. The van der Waals surface area contributed by atoms with Crippen LogP contribution in [-0.2, 0) is 5.60 Å². The van der Waals surface area contributed by atoms with Crippen LogP contribution >= 0.6 is 0 Å². The molecule has 1 aliphatic rings. The van der Waals surface area contributed by atoms with E-state index in [1.165, 1.54) is 12.1 Å². The predicted molar refractivity (Wildman–Crippen MR) is 71.0 cm³/mol. The van der Waals surface area contributed by atoms with Gasteiger partial charge in [0.15, 0.2) is 0 Å². The first kappa shape index (κ1) is 13.5. The molecule has 100 valence electrons. The zero-order valence-corrected chi connectivity index (χ0v) is 11.4. The van der Waals surface area contributed by atoms with Gasteiger partial charge in [0.25, 0.3) is 0 Å². The summed E-state index contributed by atoms with van der Waals surface area (Å²) < 4.78 is 13.4. The van der Waals surface area contributed by atoms with Crippen LogP contribution in [0.2, 0.25) is 0 Å². The molecular weight excluding hydrogens is 229 g/mol. The van der Waals surface area contributed by atoms with E-state index in [1.807, 2.05) is 13.0 Å². The van der Waals surface area contributed by atoms with Crippen molar-refractivity contribution < 1.29 is 9.50 Å². The van der Waals surface area contributed by atoms with Crippen molar-refractivity contribution in [3.05, 3.63) is 35.1 Å². The average Bonchev–Trinajstić information content (AvgIpc) is 2.28. The number of aliphatic hydroxyl groups is 1. The summed E-state index contributed by atoms with van der Waals surface area (Å²) >= 11 is 0. The Kier molecular flexibility index (Phi) is 3.74. The summed E-state index contributed by atoms with van der Waals surface area (Å²) in [6.07, 6.45) is 1.35. The summed E-state index contributed by atoms with van der Waals surface area (Å²) in [7, 11) is 0. The van der Waals surface area contributed by atoms with E-state index in [9.17, 15) is 9.50 Å². The number of hydrogen-bond acceptors (Lipinski definition) is 2. The van der Waals surface area contributed by atoms with Crippen LogP contribution in [0.3, 0.4) is 0 Å². The lowest BCUT2D eigenvalue weighted by Crippen LogP contribution is -2.45. The van der Waals surface area contributed by atoms with Crippen LogP contribution in [-0.4, -0.2) is 29.1 Å². The number of benzene rings is 1. The second-order valence-corrected chi connectivity index (χ2v) is 5.68. The zero-order valence-electron chi connectivity index (χ0n) is 11.4. The van der Waals surface area contributed by atoms with E-state index in [4.69, 9.17) is 0 Å². The Labute approximate surface area is 108 Å². The highest BCUT2D eigenvalue weighted by Crippen LogP contribution is 2.34. The zero-order chi connectivity index (χ0) is 13.3. The molecule has 1 heterocycles. The smallest absolute Gasteiger partial charge is 0.123 e. The van der Waals surface area contributed by atoms with Gasteiger partial charge in [-0.2, -0.15) is 0 Å². The molecule has 18 heavy (non-hydrogen) atoms. The van der Waals surface area contributed by atoms with E-state index < -0.39 is 5.60 Å². The molecule has 2 rings (SSSR count). The lowest BCUT2D eigenvalue weighted by atomic mass is 9.83. The fourth-order valence-electron chi connectivity index (χ4n) is 2.70. The number of halogens is 1. The molecule has 1 fully saturated rings. The normalized spacial score (nSPS) is 20.3. The Morgan fingerprint density at radius 2 is 1.83 bits per heavy atom. The number of hydrogen-bond donors (Lipinski definition) is 1. The first-order valence-corrected chi connectivity index (χ1v) is 6.65. The van der Waals surface area contributed by atoms with E-state index >= 15 is 0 Å². The fourth-order valence-corrected chi connectivity index (χ4v) is 2.70. The van der Waals surface area contributed by atoms with Crippen molar-refractivity contribution in [3.8, 4) is 0 Å². The van der Waals surface area contributed by atoms with Crippen molar-refractivity contribution >= 4 is 0 Å². The second kappa shape index (κ2) is 4.98. The SMILES string of the molecule is Cc1cc(F)cc(C2(O)CCN(C(C)C)CC2)c1. The largest absolute Gasteiger partial charge is 0.385 e. The molecule has 3 heteroatoms. The molecule has 1 N–H and O–H groups in total. The quantitative estimate of drug-likeness (QED) is 0.873. The van der Waals surface area contributed by atoms with E-state index in [1.54, 1.807) is 0 Å². The van der Waals surface area contributed by atoms with Crippen LogP contribution < -0.4 is 0 Å².